The van der Waals surface area contributed by atoms with Crippen LogP contribution < -0.4 is 5.32 Å². The number of hydrogen-bond acceptors (Lipinski definition) is 3. The van der Waals surface area contributed by atoms with Crippen molar-refractivity contribution in [1.29, 1.82) is 0 Å². The number of hydrogen-bond donors (Lipinski definition) is 2. The molecule has 0 unspecified atom stereocenters. The third kappa shape index (κ3) is 3.32. The van der Waals surface area contributed by atoms with Crippen LogP contribution in [0.3, 0.4) is 0 Å². The van der Waals surface area contributed by atoms with E-state index in [1.807, 2.05) is 28.8 Å². The van der Waals surface area contributed by atoms with Crippen LogP contribution in [0.5, 0.6) is 0 Å². The second kappa shape index (κ2) is 7.12. The molecule has 5 nitrogen and oxygen atoms in total. The van der Waals surface area contributed by atoms with Crippen LogP contribution in [-0.4, -0.2) is 33.6 Å². The van der Waals surface area contributed by atoms with E-state index in [1.54, 1.807) is 12.1 Å². The maximum Gasteiger partial charge on any atom is 0.272 e. The third-order valence-electron chi connectivity index (χ3n) is 5.49. The van der Waals surface area contributed by atoms with Crippen LogP contribution in [-0.2, 0) is 0 Å². The Kier molecular flexibility index (Phi) is 4.66. The van der Waals surface area contributed by atoms with Crippen LogP contribution in [0.15, 0.2) is 48.7 Å². The standard InChI is InChI=1S/C21H22FN3O2/c22-16-8-6-15(7-9-16)19-24-18(17-5-1-4-12-25(17)19)20(27)23-13-21(14-26)10-2-3-11-21/h1,4-9,12,26H,2-3,10-11,13-14H2,(H,23,27). The number of aliphatic hydroxyl groups is 1. The summed E-state index contributed by atoms with van der Waals surface area (Å²) >= 11 is 0. The maximum atomic E-state index is 13.3. The first-order valence-electron chi connectivity index (χ1n) is 9.24. The van der Waals surface area contributed by atoms with E-state index in [-0.39, 0.29) is 23.7 Å². The summed E-state index contributed by atoms with van der Waals surface area (Å²) in [6.07, 6.45) is 5.85. The molecule has 1 aliphatic rings. The largest absolute Gasteiger partial charge is 0.396 e. The van der Waals surface area contributed by atoms with Gasteiger partial charge in [0.2, 0.25) is 0 Å². The maximum absolute atomic E-state index is 13.3. The van der Waals surface area contributed by atoms with E-state index in [4.69, 9.17) is 0 Å². The van der Waals surface area contributed by atoms with Gasteiger partial charge in [0.1, 0.15) is 11.6 Å². The van der Waals surface area contributed by atoms with E-state index in [0.717, 1.165) is 31.2 Å². The number of aliphatic hydroxyl groups excluding tert-OH is 1. The summed E-state index contributed by atoms with van der Waals surface area (Å²) in [5.41, 5.74) is 1.55. The SMILES string of the molecule is O=C(NCC1(CO)CCCC1)c1nc(-c2ccc(F)cc2)n2ccccc12. The van der Waals surface area contributed by atoms with Gasteiger partial charge in [-0.1, -0.05) is 18.9 Å². The number of nitrogens with zero attached hydrogens (tertiary/aromatic N) is 2. The van der Waals surface area contributed by atoms with Crippen molar-refractivity contribution in [2.24, 2.45) is 5.41 Å². The van der Waals surface area contributed by atoms with Gasteiger partial charge < -0.3 is 10.4 Å². The fraction of sp³-hybridized carbons (Fsp3) is 0.333. The Morgan fingerprint density at radius 1 is 1.19 bits per heavy atom. The Morgan fingerprint density at radius 2 is 1.93 bits per heavy atom. The first kappa shape index (κ1) is 17.7. The number of carbonyl (C=O) groups is 1. The summed E-state index contributed by atoms with van der Waals surface area (Å²) in [6.45, 7) is 0.526. The van der Waals surface area contributed by atoms with Crippen molar-refractivity contribution >= 4 is 11.4 Å². The Labute approximate surface area is 156 Å². The topological polar surface area (TPSA) is 66.6 Å². The molecule has 1 aromatic carbocycles. The molecule has 2 heterocycles. The molecule has 1 amide bonds. The average molecular weight is 367 g/mol. The van der Waals surface area contributed by atoms with Gasteiger partial charge in [-0.25, -0.2) is 9.37 Å². The molecule has 0 spiro atoms. The van der Waals surface area contributed by atoms with E-state index < -0.39 is 0 Å². The summed E-state index contributed by atoms with van der Waals surface area (Å²) in [7, 11) is 0. The molecule has 4 rings (SSSR count). The molecule has 0 bridgehead atoms. The molecule has 27 heavy (non-hydrogen) atoms. The van der Waals surface area contributed by atoms with Crippen LogP contribution in [0.2, 0.25) is 0 Å². The van der Waals surface area contributed by atoms with E-state index in [9.17, 15) is 14.3 Å². The minimum atomic E-state index is -0.316. The summed E-state index contributed by atoms with van der Waals surface area (Å²) < 4.78 is 15.1. The minimum absolute atomic E-state index is 0.0814. The van der Waals surface area contributed by atoms with Gasteiger partial charge in [0, 0.05) is 23.7 Å². The minimum Gasteiger partial charge on any atom is -0.396 e. The molecular formula is C21H22FN3O2. The van der Waals surface area contributed by atoms with Crippen molar-refractivity contribution in [2.45, 2.75) is 25.7 Å². The lowest BCUT2D eigenvalue weighted by Gasteiger charge is -2.26. The smallest absolute Gasteiger partial charge is 0.272 e. The molecule has 2 N–H and O–H groups in total. The monoisotopic (exact) mass is 367 g/mol. The Balaban J connectivity index is 1.65. The summed E-state index contributed by atoms with van der Waals surface area (Å²) in [6, 6.07) is 11.6. The lowest BCUT2D eigenvalue weighted by molar-refractivity contribution is 0.0878. The fourth-order valence-corrected chi connectivity index (χ4v) is 3.87. The highest BCUT2D eigenvalue weighted by atomic mass is 19.1. The predicted octanol–water partition coefficient (Wildman–Crippen LogP) is 3.42. The number of benzene rings is 1. The van der Waals surface area contributed by atoms with Gasteiger partial charge in [0.05, 0.1) is 12.1 Å². The number of pyridine rings is 1. The number of rotatable bonds is 5. The predicted molar refractivity (Wildman–Crippen MR) is 101 cm³/mol. The van der Waals surface area contributed by atoms with Crippen LogP contribution in [0.4, 0.5) is 4.39 Å². The van der Waals surface area contributed by atoms with Gasteiger partial charge in [-0.15, -0.1) is 0 Å². The fourth-order valence-electron chi connectivity index (χ4n) is 3.87. The number of imidazole rings is 1. The Bertz CT molecular complexity index is 959. The number of carbonyl (C=O) groups excluding carboxylic acids is 1. The first-order chi connectivity index (χ1) is 13.1. The van der Waals surface area contributed by atoms with E-state index in [2.05, 4.69) is 10.3 Å². The van der Waals surface area contributed by atoms with Crippen LogP contribution in [0.1, 0.15) is 36.2 Å². The highest BCUT2D eigenvalue weighted by Gasteiger charge is 2.34. The molecule has 1 fully saturated rings. The van der Waals surface area contributed by atoms with Gasteiger partial charge in [0.25, 0.3) is 5.91 Å². The van der Waals surface area contributed by atoms with Crippen molar-refractivity contribution in [1.82, 2.24) is 14.7 Å². The molecule has 0 saturated heterocycles. The molecular weight excluding hydrogens is 345 g/mol. The number of nitrogens with one attached hydrogen (secondary N) is 1. The van der Waals surface area contributed by atoms with E-state index >= 15 is 0 Å². The molecule has 140 valence electrons. The highest BCUT2D eigenvalue weighted by Crippen LogP contribution is 2.37. The molecule has 0 aliphatic heterocycles. The molecule has 2 aromatic heterocycles. The number of halogens is 1. The van der Waals surface area contributed by atoms with Crippen molar-refractivity contribution in [3.8, 4) is 11.4 Å². The van der Waals surface area contributed by atoms with Crippen molar-refractivity contribution in [3.05, 3.63) is 60.2 Å². The third-order valence-corrected chi connectivity index (χ3v) is 5.49. The summed E-state index contributed by atoms with van der Waals surface area (Å²) in [5.74, 6) is 0.0173. The summed E-state index contributed by atoms with van der Waals surface area (Å²) in [5, 5.41) is 12.7. The quantitative estimate of drug-likeness (QED) is 0.726. The second-order valence-electron chi connectivity index (χ2n) is 7.29. The number of fused-ring (bicyclic) bond motifs is 1. The second-order valence-corrected chi connectivity index (χ2v) is 7.29. The molecule has 0 atom stereocenters. The summed E-state index contributed by atoms with van der Waals surface area (Å²) in [4.78, 5) is 17.4. The molecule has 3 aromatic rings. The van der Waals surface area contributed by atoms with Gasteiger partial charge in [-0.2, -0.15) is 0 Å². The van der Waals surface area contributed by atoms with Crippen LogP contribution >= 0.6 is 0 Å². The number of amides is 1. The van der Waals surface area contributed by atoms with Gasteiger partial charge in [0.15, 0.2) is 5.69 Å². The van der Waals surface area contributed by atoms with Crippen LogP contribution in [0, 0.1) is 11.2 Å². The zero-order valence-corrected chi connectivity index (χ0v) is 15.0. The number of aromatic nitrogens is 2. The Morgan fingerprint density at radius 3 is 2.63 bits per heavy atom. The van der Waals surface area contributed by atoms with Crippen molar-refractivity contribution < 1.29 is 14.3 Å². The zero-order valence-electron chi connectivity index (χ0n) is 15.0. The van der Waals surface area contributed by atoms with Gasteiger partial charge in [-0.05, 0) is 49.2 Å². The molecule has 0 radical (unpaired) electrons. The van der Waals surface area contributed by atoms with Gasteiger partial charge >= 0.3 is 0 Å². The normalized spacial score (nSPS) is 15.9. The molecule has 6 heteroatoms. The first-order valence-corrected chi connectivity index (χ1v) is 9.24. The zero-order chi connectivity index (χ0) is 18.9. The van der Waals surface area contributed by atoms with Gasteiger partial charge in [-0.3, -0.25) is 9.20 Å². The average Bonchev–Trinajstić information content (AvgIpc) is 3.32. The van der Waals surface area contributed by atoms with E-state index in [1.165, 1.54) is 12.1 Å². The van der Waals surface area contributed by atoms with E-state index in [0.29, 0.717) is 23.6 Å². The highest BCUT2D eigenvalue weighted by molar-refractivity contribution is 6.00. The van der Waals surface area contributed by atoms with Crippen LogP contribution in [0.25, 0.3) is 16.9 Å². The molecule has 1 aliphatic carbocycles. The lowest BCUT2D eigenvalue weighted by atomic mass is 9.87. The lowest BCUT2D eigenvalue weighted by Crippen LogP contribution is -2.38. The van der Waals surface area contributed by atoms with Crippen molar-refractivity contribution in [3.63, 3.8) is 0 Å². The Hall–Kier alpha value is -2.73. The van der Waals surface area contributed by atoms with Crippen molar-refractivity contribution in [2.75, 3.05) is 13.2 Å². The molecule has 1 saturated carbocycles.